The van der Waals surface area contributed by atoms with E-state index in [2.05, 4.69) is 16.0 Å². The summed E-state index contributed by atoms with van der Waals surface area (Å²) in [7, 11) is 1.71. The topological polar surface area (TPSA) is 95.5 Å². The first-order chi connectivity index (χ1) is 10.1. The summed E-state index contributed by atoms with van der Waals surface area (Å²) in [5.41, 5.74) is 5.68. The van der Waals surface area contributed by atoms with Crippen LogP contribution >= 0.6 is 0 Å². The van der Waals surface area contributed by atoms with Crippen LogP contribution in [0.4, 0.5) is 10.7 Å². The molecule has 1 aliphatic rings. The number of carbonyl (C=O) groups excluding carboxylic acids is 1. The lowest BCUT2D eigenvalue weighted by atomic mass is 10.2. The van der Waals surface area contributed by atoms with Gasteiger partial charge in [-0.15, -0.1) is 6.42 Å². The first-order valence-corrected chi connectivity index (χ1v) is 6.74. The molecule has 21 heavy (non-hydrogen) atoms. The number of anilines is 1. The lowest BCUT2D eigenvalue weighted by Crippen LogP contribution is -2.32. The number of aryl methyl sites for hydroxylation is 1. The Bertz CT molecular complexity index is 517. The summed E-state index contributed by atoms with van der Waals surface area (Å²) in [6, 6.07) is -0.187. The predicted octanol–water partition coefficient (Wildman–Crippen LogP) is 0.321. The number of nitrogens with two attached hydrogens (primary N) is 1. The maximum atomic E-state index is 12.1. The van der Waals surface area contributed by atoms with Crippen molar-refractivity contribution < 1.29 is 14.3 Å². The van der Waals surface area contributed by atoms with E-state index in [4.69, 9.17) is 21.6 Å². The van der Waals surface area contributed by atoms with Gasteiger partial charge in [-0.2, -0.15) is 10.1 Å². The highest BCUT2D eigenvalue weighted by Gasteiger charge is 2.34. The molecule has 0 bridgehead atoms. The maximum Gasteiger partial charge on any atom is 0.410 e. The lowest BCUT2D eigenvalue weighted by Gasteiger charge is -2.21. The van der Waals surface area contributed by atoms with E-state index in [1.807, 2.05) is 0 Å². The monoisotopic (exact) mass is 293 g/mol. The van der Waals surface area contributed by atoms with Gasteiger partial charge in [-0.1, -0.05) is 5.92 Å². The van der Waals surface area contributed by atoms with Gasteiger partial charge < -0.3 is 15.2 Å². The molecule has 1 aromatic heterocycles. The van der Waals surface area contributed by atoms with Gasteiger partial charge in [0.05, 0.1) is 12.6 Å². The first kappa shape index (κ1) is 15.1. The molecule has 1 amide bonds. The second kappa shape index (κ2) is 6.95. The van der Waals surface area contributed by atoms with E-state index in [1.54, 1.807) is 11.9 Å². The lowest BCUT2D eigenvalue weighted by molar-refractivity contribution is 0.0613. The average Bonchev–Trinajstić information content (AvgIpc) is 3.06. The van der Waals surface area contributed by atoms with Crippen LogP contribution in [0, 0.1) is 12.3 Å². The van der Waals surface area contributed by atoms with Crippen LogP contribution in [-0.2, 0) is 16.5 Å². The number of carbonyl (C=O) groups is 1. The Kier molecular flexibility index (Phi) is 5.00. The van der Waals surface area contributed by atoms with Crippen molar-refractivity contribution in [1.82, 2.24) is 19.7 Å². The van der Waals surface area contributed by atoms with Crippen LogP contribution in [0.5, 0.6) is 0 Å². The largest absolute Gasteiger partial charge is 0.447 e. The smallest absolute Gasteiger partial charge is 0.410 e. The Hall–Kier alpha value is -2.27. The molecule has 2 rings (SSSR count). The standard InChI is InChI=1S/C13H19N5O3/c1-3-7-20-8-9-21-13(19)18-6-4-5-10(18)11-15-12(14)17(2)16-11/h1,10H,4-9H2,2H3,(H2,14,15,16)/t10-/m0/s1. The van der Waals surface area contributed by atoms with Crippen LogP contribution in [0.15, 0.2) is 0 Å². The Morgan fingerprint density at radius 3 is 3.05 bits per heavy atom. The van der Waals surface area contributed by atoms with E-state index in [9.17, 15) is 4.79 Å². The summed E-state index contributed by atoms with van der Waals surface area (Å²) in [6.07, 6.45) is 6.33. The third kappa shape index (κ3) is 3.64. The maximum absolute atomic E-state index is 12.1. The molecule has 2 N–H and O–H groups in total. The van der Waals surface area contributed by atoms with Gasteiger partial charge >= 0.3 is 6.09 Å². The minimum Gasteiger partial charge on any atom is -0.447 e. The minimum absolute atomic E-state index is 0.168. The SMILES string of the molecule is C#CCOCCOC(=O)N1CCC[C@H]1c1nc(N)n(C)n1. The van der Waals surface area contributed by atoms with Crippen molar-refractivity contribution in [2.75, 3.05) is 32.1 Å². The molecule has 0 radical (unpaired) electrons. The number of ether oxygens (including phenoxy) is 2. The molecule has 1 fully saturated rings. The van der Waals surface area contributed by atoms with E-state index in [1.165, 1.54) is 4.68 Å². The third-order valence-corrected chi connectivity index (χ3v) is 3.24. The zero-order valence-corrected chi connectivity index (χ0v) is 12.0. The number of amides is 1. The Morgan fingerprint density at radius 1 is 1.57 bits per heavy atom. The van der Waals surface area contributed by atoms with Gasteiger partial charge in [0.1, 0.15) is 13.2 Å². The van der Waals surface area contributed by atoms with Crippen LogP contribution in [0.25, 0.3) is 0 Å². The van der Waals surface area contributed by atoms with Crippen molar-refractivity contribution in [1.29, 1.82) is 0 Å². The number of aromatic nitrogens is 3. The van der Waals surface area contributed by atoms with Crippen LogP contribution in [0.1, 0.15) is 24.7 Å². The highest BCUT2D eigenvalue weighted by Crippen LogP contribution is 2.30. The molecule has 0 saturated carbocycles. The van der Waals surface area contributed by atoms with Gasteiger partial charge in [-0.05, 0) is 12.8 Å². The predicted molar refractivity (Wildman–Crippen MR) is 75.1 cm³/mol. The molecular weight excluding hydrogens is 274 g/mol. The number of nitrogen functional groups attached to an aromatic ring is 1. The normalized spacial score (nSPS) is 17.7. The van der Waals surface area contributed by atoms with E-state index in [0.717, 1.165) is 12.8 Å². The number of terminal acetylenes is 1. The molecule has 0 aliphatic carbocycles. The quantitative estimate of drug-likeness (QED) is 0.620. The molecule has 1 aromatic rings. The highest BCUT2D eigenvalue weighted by molar-refractivity contribution is 5.68. The number of nitrogens with zero attached hydrogens (tertiary/aromatic N) is 4. The summed E-state index contributed by atoms with van der Waals surface area (Å²) in [5.74, 6) is 3.22. The molecular formula is C13H19N5O3. The number of likely N-dealkylation sites (tertiary alicyclic amines) is 1. The van der Waals surface area contributed by atoms with Crippen molar-refractivity contribution in [3.05, 3.63) is 5.82 Å². The summed E-state index contributed by atoms with van der Waals surface area (Å²) in [6.45, 7) is 1.28. The summed E-state index contributed by atoms with van der Waals surface area (Å²) >= 11 is 0. The van der Waals surface area contributed by atoms with Crippen molar-refractivity contribution in [2.45, 2.75) is 18.9 Å². The Balaban J connectivity index is 1.89. The summed E-state index contributed by atoms with van der Waals surface area (Å²) < 4.78 is 11.7. The van der Waals surface area contributed by atoms with Gasteiger partial charge in [0.2, 0.25) is 5.95 Å². The molecule has 114 valence electrons. The van der Waals surface area contributed by atoms with Gasteiger partial charge in [-0.3, -0.25) is 4.90 Å². The molecule has 8 heteroatoms. The van der Waals surface area contributed by atoms with Crippen molar-refractivity contribution >= 4 is 12.0 Å². The number of hydrogen-bond acceptors (Lipinski definition) is 6. The number of hydrogen-bond donors (Lipinski definition) is 1. The van der Waals surface area contributed by atoms with Gasteiger partial charge in [0, 0.05) is 13.6 Å². The third-order valence-electron chi connectivity index (χ3n) is 3.24. The van der Waals surface area contributed by atoms with E-state index in [0.29, 0.717) is 18.3 Å². The van der Waals surface area contributed by atoms with Crippen LogP contribution < -0.4 is 5.73 Å². The Labute approximate surface area is 123 Å². The highest BCUT2D eigenvalue weighted by atomic mass is 16.6. The van der Waals surface area contributed by atoms with Crippen LogP contribution in [-0.4, -0.2) is 52.1 Å². The average molecular weight is 293 g/mol. The molecule has 0 unspecified atom stereocenters. The van der Waals surface area contributed by atoms with Crippen molar-refractivity contribution in [3.63, 3.8) is 0 Å². The fourth-order valence-corrected chi connectivity index (χ4v) is 2.21. The van der Waals surface area contributed by atoms with E-state index >= 15 is 0 Å². The molecule has 8 nitrogen and oxygen atoms in total. The van der Waals surface area contributed by atoms with Crippen LogP contribution in [0.3, 0.4) is 0 Å². The second-order valence-electron chi connectivity index (χ2n) is 4.67. The molecule has 2 heterocycles. The minimum atomic E-state index is -0.396. The fourth-order valence-electron chi connectivity index (χ4n) is 2.21. The van der Waals surface area contributed by atoms with Crippen LogP contribution in [0.2, 0.25) is 0 Å². The zero-order chi connectivity index (χ0) is 15.2. The van der Waals surface area contributed by atoms with Crippen molar-refractivity contribution in [3.8, 4) is 12.3 Å². The second-order valence-corrected chi connectivity index (χ2v) is 4.67. The summed E-state index contributed by atoms with van der Waals surface area (Å²) in [5, 5.41) is 4.23. The van der Waals surface area contributed by atoms with Gasteiger partial charge in [0.25, 0.3) is 0 Å². The van der Waals surface area contributed by atoms with Gasteiger partial charge in [-0.25, -0.2) is 9.48 Å². The van der Waals surface area contributed by atoms with E-state index < -0.39 is 6.09 Å². The molecule has 1 aliphatic heterocycles. The molecule has 1 atom stereocenters. The zero-order valence-electron chi connectivity index (χ0n) is 12.0. The Morgan fingerprint density at radius 2 is 2.38 bits per heavy atom. The van der Waals surface area contributed by atoms with E-state index in [-0.39, 0.29) is 25.9 Å². The first-order valence-electron chi connectivity index (χ1n) is 6.74. The van der Waals surface area contributed by atoms with Gasteiger partial charge in [0.15, 0.2) is 5.82 Å². The molecule has 0 spiro atoms. The fraction of sp³-hybridized carbons (Fsp3) is 0.615. The summed E-state index contributed by atoms with van der Waals surface area (Å²) in [4.78, 5) is 17.9. The number of rotatable bonds is 5. The molecule has 0 aromatic carbocycles. The van der Waals surface area contributed by atoms with Crippen molar-refractivity contribution in [2.24, 2.45) is 7.05 Å². The molecule has 1 saturated heterocycles.